The molecule has 1 aromatic carbocycles. The molecule has 6 nitrogen and oxygen atoms in total. The van der Waals surface area contributed by atoms with Gasteiger partial charge in [-0.3, -0.25) is 4.68 Å². The second kappa shape index (κ2) is 8.62. The van der Waals surface area contributed by atoms with E-state index in [9.17, 15) is 9.18 Å². The Balaban J connectivity index is 1.97. The number of hydrogen-bond acceptors (Lipinski definition) is 3. The molecule has 1 heterocycles. The lowest BCUT2D eigenvalue weighted by Gasteiger charge is -2.11. The van der Waals surface area contributed by atoms with Crippen molar-refractivity contribution in [2.45, 2.75) is 46.9 Å². The summed E-state index contributed by atoms with van der Waals surface area (Å²) in [6.07, 6.45) is 2.42. The lowest BCUT2D eigenvalue weighted by Crippen LogP contribution is -2.28. The molecule has 2 rings (SSSR count). The Morgan fingerprint density at radius 2 is 2.16 bits per heavy atom. The van der Waals surface area contributed by atoms with Crippen molar-refractivity contribution in [2.24, 2.45) is 5.92 Å². The largest absolute Gasteiger partial charge is 0.392 e. The smallest absolute Gasteiger partial charge is 0.319 e. The van der Waals surface area contributed by atoms with Gasteiger partial charge in [0.1, 0.15) is 5.82 Å². The molecule has 0 fully saturated rings. The summed E-state index contributed by atoms with van der Waals surface area (Å²) >= 11 is 0. The molecule has 3 N–H and O–H groups in total. The molecule has 1 aromatic heterocycles. The molecule has 0 aliphatic rings. The molecule has 25 heavy (non-hydrogen) atoms. The van der Waals surface area contributed by atoms with Crippen LogP contribution >= 0.6 is 0 Å². The Morgan fingerprint density at radius 3 is 2.80 bits per heavy atom. The van der Waals surface area contributed by atoms with Gasteiger partial charge in [0, 0.05) is 18.7 Å². The summed E-state index contributed by atoms with van der Waals surface area (Å²) in [6, 6.07) is 4.04. The molecule has 7 heteroatoms. The maximum Gasteiger partial charge on any atom is 0.319 e. The molecule has 0 aliphatic heterocycles. The Bertz CT molecular complexity index is 728. The Kier molecular flexibility index (Phi) is 6.52. The average Bonchev–Trinajstić information content (AvgIpc) is 2.94. The normalized spacial score (nSPS) is 11.0. The number of rotatable bonds is 7. The Morgan fingerprint density at radius 1 is 1.40 bits per heavy atom. The van der Waals surface area contributed by atoms with E-state index in [-0.39, 0.29) is 24.7 Å². The maximum absolute atomic E-state index is 13.4. The zero-order valence-corrected chi connectivity index (χ0v) is 14.8. The van der Waals surface area contributed by atoms with Crippen LogP contribution in [0.5, 0.6) is 0 Å². The number of halogens is 1. The number of amides is 2. The molecule has 0 unspecified atom stereocenters. The highest BCUT2D eigenvalue weighted by atomic mass is 19.1. The second-order valence-electron chi connectivity index (χ2n) is 6.33. The topological polar surface area (TPSA) is 79.2 Å². The average molecular weight is 348 g/mol. The quantitative estimate of drug-likeness (QED) is 0.719. The van der Waals surface area contributed by atoms with Crippen molar-refractivity contribution in [3.8, 4) is 0 Å². The first-order chi connectivity index (χ1) is 11.9. The predicted octanol–water partition coefficient (Wildman–Crippen LogP) is 3.05. The van der Waals surface area contributed by atoms with Gasteiger partial charge in [-0.05, 0) is 30.0 Å². The fourth-order valence-electron chi connectivity index (χ4n) is 2.60. The Hall–Kier alpha value is -2.41. The number of carbonyl (C=O) groups excluding carboxylic acids is 1. The van der Waals surface area contributed by atoms with Crippen LogP contribution in [-0.2, 0) is 26.1 Å². The number of urea groups is 1. The number of aromatic nitrogens is 2. The summed E-state index contributed by atoms with van der Waals surface area (Å²) in [6.45, 7) is 6.91. The van der Waals surface area contributed by atoms with Gasteiger partial charge in [-0.1, -0.05) is 26.8 Å². The molecule has 2 aromatic rings. The number of nitrogens with one attached hydrogen (secondary N) is 2. The first kappa shape index (κ1) is 18.9. The summed E-state index contributed by atoms with van der Waals surface area (Å²) in [5.41, 5.74) is 2.60. The summed E-state index contributed by atoms with van der Waals surface area (Å²) in [7, 11) is 0. The Labute approximate surface area is 147 Å². The molecule has 0 spiro atoms. The molecule has 0 saturated carbocycles. The van der Waals surface area contributed by atoms with Crippen LogP contribution in [-0.4, -0.2) is 20.9 Å². The van der Waals surface area contributed by atoms with E-state index in [0.29, 0.717) is 17.2 Å². The third kappa shape index (κ3) is 5.03. The third-order valence-corrected chi connectivity index (χ3v) is 3.80. The number of anilines is 1. The third-order valence-electron chi connectivity index (χ3n) is 3.80. The minimum absolute atomic E-state index is 0.211. The van der Waals surface area contributed by atoms with Crippen LogP contribution in [0.15, 0.2) is 24.4 Å². The molecule has 2 amide bonds. The van der Waals surface area contributed by atoms with Gasteiger partial charge in [-0.2, -0.15) is 5.10 Å². The second-order valence-corrected chi connectivity index (χ2v) is 6.33. The molecule has 0 aliphatic carbocycles. The van der Waals surface area contributed by atoms with Crippen LogP contribution in [0.1, 0.15) is 37.6 Å². The molecular formula is C18H25FN4O2. The van der Waals surface area contributed by atoms with Crippen molar-refractivity contribution in [2.75, 3.05) is 5.32 Å². The number of carbonyl (C=O) groups is 1. The van der Waals surface area contributed by atoms with Gasteiger partial charge >= 0.3 is 6.03 Å². The van der Waals surface area contributed by atoms with E-state index in [1.807, 2.05) is 11.6 Å². The highest BCUT2D eigenvalue weighted by Gasteiger charge is 2.13. The first-order valence-corrected chi connectivity index (χ1v) is 8.42. The first-order valence-electron chi connectivity index (χ1n) is 8.42. The number of aliphatic hydroxyl groups excluding tert-OH is 1. The fourth-order valence-corrected chi connectivity index (χ4v) is 2.60. The van der Waals surface area contributed by atoms with Crippen molar-refractivity contribution in [1.29, 1.82) is 0 Å². The van der Waals surface area contributed by atoms with E-state index in [2.05, 4.69) is 29.6 Å². The zero-order valence-electron chi connectivity index (χ0n) is 14.8. The van der Waals surface area contributed by atoms with Gasteiger partial charge in [-0.25, -0.2) is 9.18 Å². The summed E-state index contributed by atoms with van der Waals surface area (Å²) < 4.78 is 15.3. The van der Waals surface area contributed by atoms with Crippen LogP contribution in [0.2, 0.25) is 0 Å². The van der Waals surface area contributed by atoms with Gasteiger partial charge in [0.05, 0.1) is 24.2 Å². The van der Waals surface area contributed by atoms with Crippen LogP contribution in [0.3, 0.4) is 0 Å². The summed E-state index contributed by atoms with van der Waals surface area (Å²) in [5.74, 6) is 0.00642. The van der Waals surface area contributed by atoms with Gasteiger partial charge in [-0.15, -0.1) is 0 Å². The van der Waals surface area contributed by atoms with Crippen molar-refractivity contribution >= 4 is 11.7 Å². The van der Waals surface area contributed by atoms with Crippen molar-refractivity contribution in [3.05, 3.63) is 47.0 Å². The van der Waals surface area contributed by atoms with Crippen LogP contribution in [0.4, 0.5) is 14.9 Å². The molecule has 0 bridgehead atoms. The van der Waals surface area contributed by atoms with Crippen LogP contribution in [0.25, 0.3) is 0 Å². The van der Waals surface area contributed by atoms with Crippen molar-refractivity contribution in [1.82, 2.24) is 15.1 Å². The van der Waals surface area contributed by atoms with Crippen molar-refractivity contribution < 1.29 is 14.3 Å². The van der Waals surface area contributed by atoms with Crippen LogP contribution in [0, 0.1) is 11.7 Å². The van der Waals surface area contributed by atoms with Gasteiger partial charge < -0.3 is 15.7 Å². The van der Waals surface area contributed by atoms with E-state index < -0.39 is 5.82 Å². The van der Waals surface area contributed by atoms with Crippen LogP contribution < -0.4 is 10.6 Å². The fraction of sp³-hybridized carbons (Fsp3) is 0.444. The SMILES string of the molecule is CCc1c(NC(=O)NCc2ccc(F)c(CO)c2)cnn1CC(C)C. The van der Waals surface area contributed by atoms with Gasteiger partial charge in [0.2, 0.25) is 0 Å². The standard InChI is InChI=1S/C18H25FN4O2/c1-4-17-16(9-21-23(17)10-12(2)3)22-18(25)20-8-13-5-6-15(19)14(7-13)11-24/h5-7,9,12,24H,4,8,10-11H2,1-3H3,(H2,20,22,25). The lowest BCUT2D eigenvalue weighted by molar-refractivity contribution is 0.251. The highest BCUT2D eigenvalue weighted by Crippen LogP contribution is 2.17. The summed E-state index contributed by atoms with van der Waals surface area (Å²) in [4.78, 5) is 12.1. The lowest BCUT2D eigenvalue weighted by atomic mass is 10.1. The monoisotopic (exact) mass is 348 g/mol. The predicted molar refractivity (Wildman–Crippen MR) is 94.6 cm³/mol. The van der Waals surface area contributed by atoms with Crippen molar-refractivity contribution in [3.63, 3.8) is 0 Å². The van der Waals surface area contributed by atoms with E-state index in [4.69, 9.17) is 5.11 Å². The highest BCUT2D eigenvalue weighted by molar-refractivity contribution is 5.89. The van der Waals surface area contributed by atoms with E-state index in [0.717, 1.165) is 18.7 Å². The minimum atomic E-state index is -0.458. The van der Waals surface area contributed by atoms with E-state index >= 15 is 0 Å². The summed E-state index contributed by atoms with van der Waals surface area (Å²) in [5, 5.41) is 19.0. The van der Waals surface area contributed by atoms with E-state index in [1.54, 1.807) is 12.3 Å². The number of aliphatic hydroxyl groups is 1. The molecule has 0 atom stereocenters. The zero-order chi connectivity index (χ0) is 18.4. The maximum atomic E-state index is 13.4. The number of nitrogens with zero attached hydrogens (tertiary/aromatic N) is 2. The minimum Gasteiger partial charge on any atom is -0.392 e. The molecule has 136 valence electrons. The van der Waals surface area contributed by atoms with Gasteiger partial charge in [0.25, 0.3) is 0 Å². The number of benzene rings is 1. The number of hydrogen-bond donors (Lipinski definition) is 3. The molecular weight excluding hydrogens is 323 g/mol. The van der Waals surface area contributed by atoms with E-state index in [1.165, 1.54) is 12.1 Å². The molecule has 0 saturated heterocycles. The molecule has 0 radical (unpaired) electrons. The van der Waals surface area contributed by atoms with Gasteiger partial charge in [0.15, 0.2) is 0 Å².